The van der Waals surface area contributed by atoms with E-state index in [4.69, 9.17) is 0 Å². The molecule has 24 heavy (non-hydrogen) atoms. The van der Waals surface area contributed by atoms with Crippen molar-refractivity contribution in [1.82, 2.24) is 26.3 Å². The van der Waals surface area contributed by atoms with E-state index < -0.39 is 17.8 Å². The van der Waals surface area contributed by atoms with Crippen LogP contribution in [0.4, 0.5) is 0 Å². The van der Waals surface area contributed by atoms with E-state index in [2.05, 4.69) is 31.0 Å². The number of esters is 1. The minimum atomic E-state index is -0.637. The molecule has 0 spiro atoms. The number of nitrogens with zero attached hydrogens (tertiary/aromatic N) is 1. The molecule has 1 aliphatic heterocycles. The highest BCUT2D eigenvalue weighted by Crippen LogP contribution is 2.08. The number of carbonyl (C=O) groups is 3. The number of fused-ring (bicyclic) bond motifs is 2. The van der Waals surface area contributed by atoms with E-state index in [1.165, 1.54) is 19.2 Å². The molecule has 4 N–H and O–H groups in total. The molecular formula is C15H21N5O4. The molecule has 130 valence electrons. The van der Waals surface area contributed by atoms with Gasteiger partial charge in [-0.2, -0.15) is 0 Å². The van der Waals surface area contributed by atoms with E-state index in [1.807, 2.05) is 0 Å². The van der Waals surface area contributed by atoms with E-state index in [-0.39, 0.29) is 17.0 Å². The van der Waals surface area contributed by atoms with Gasteiger partial charge in [0.05, 0.1) is 12.7 Å². The third kappa shape index (κ3) is 5.00. The SMILES string of the molecule is COC(=O)c1cc2nc(c1)C(=O)NCCNCCNCCNC2=O. The lowest BCUT2D eigenvalue weighted by molar-refractivity contribution is 0.0600. The number of hydrogen-bond acceptors (Lipinski definition) is 7. The average molecular weight is 335 g/mol. The van der Waals surface area contributed by atoms with E-state index in [0.717, 1.165) is 13.1 Å². The first kappa shape index (κ1) is 17.8. The minimum absolute atomic E-state index is 0.00366. The van der Waals surface area contributed by atoms with Crippen LogP contribution in [0, 0.1) is 0 Å². The van der Waals surface area contributed by atoms with Crippen LogP contribution in [0.3, 0.4) is 0 Å². The van der Waals surface area contributed by atoms with Gasteiger partial charge in [-0.3, -0.25) is 9.59 Å². The molecule has 0 aromatic carbocycles. The molecule has 0 atom stereocenters. The number of methoxy groups -OCH3 is 1. The van der Waals surface area contributed by atoms with Crippen LogP contribution in [0.25, 0.3) is 0 Å². The maximum atomic E-state index is 12.2. The van der Waals surface area contributed by atoms with Gasteiger partial charge in [-0.1, -0.05) is 0 Å². The van der Waals surface area contributed by atoms with Gasteiger partial charge < -0.3 is 26.0 Å². The van der Waals surface area contributed by atoms with Crippen molar-refractivity contribution in [3.63, 3.8) is 0 Å². The standard InChI is InChI=1S/C15H21N5O4/c1-24-15(23)10-8-11-13(21)18-6-4-16-2-3-17-5-7-19-14(22)12(9-10)20-11/h8-9,16-17H,2-7H2,1H3,(H,18,21)(H,19,22). The maximum Gasteiger partial charge on any atom is 0.338 e. The molecule has 1 aromatic rings. The van der Waals surface area contributed by atoms with Gasteiger partial charge in [-0.25, -0.2) is 9.78 Å². The van der Waals surface area contributed by atoms with Crippen molar-refractivity contribution in [3.8, 4) is 0 Å². The Kier molecular flexibility index (Phi) is 6.64. The lowest BCUT2D eigenvalue weighted by atomic mass is 10.1. The van der Waals surface area contributed by atoms with Gasteiger partial charge in [0.2, 0.25) is 0 Å². The van der Waals surface area contributed by atoms with Crippen LogP contribution >= 0.6 is 0 Å². The summed E-state index contributed by atoms with van der Waals surface area (Å²) < 4.78 is 4.66. The summed E-state index contributed by atoms with van der Waals surface area (Å²) >= 11 is 0. The predicted molar refractivity (Wildman–Crippen MR) is 86.0 cm³/mol. The van der Waals surface area contributed by atoms with E-state index in [1.54, 1.807) is 0 Å². The van der Waals surface area contributed by atoms with Crippen molar-refractivity contribution >= 4 is 17.8 Å². The Balaban J connectivity index is 2.28. The third-order valence-corrected chi connectivity index (χ3v) is 3.36. The van der Waals surface area contributed by atoms with Crippen molar-refractivity contribution in [3.05, 3.63) is 29.1 Å². The van der Waals surface area contributed by atoms with Gasteiger partial charge in [-0.15, -0.1) is 0 Å². The Hall–Kier alpha value is -2.52. The topological polar surface area (TPSA) is 121 Å². The number of nitrogens with one attached hydrogen (secondary N) is 4. The Morgan fingerprint density at radius 2 is 1.38 bits per heavy atom. The van der Waals surface area contributed by atoms with Crippen LogP contribution in [-0.2, 0) is 4.74 Å². The average Bonchev–Trinajstić information content (AvgIpc) is 2.61. The normalized spacial score (nSPS) is 17.0. The molecule has 2 bridgehead atoms. The molecule has 0 aliphatic carbocycles. The van der Waals surface area contributed by atoms with Crippen molar-refractivity contribution in [2.24, 2.45) is 0 Å². The first-order valence-corrected chi connectivity index (χ1v) is 7.70. The molecule has 0 saturated heterocycles. The summed E-state index contributed by atoms with van der Waals surface area (Å²) in [6.45, 7) is 3.53. The Morgan fingerprint density at radius 1 is 0.917 bits per heavy atom. The number of amides is 2. The quantitative estimate of drug-likeness (QED) is 0.462. The van der Waals surface area contributed by atoms with Crippen LogP contribution in [0.2, 0.25) is 0 Å². The molecule has 9 nitrogen and oxygen atoms in total. The van der Waals surface area contributed by atoms with Crippen molar-refractivity contribution < 1.29 is 19.1 Å². The zero-order chi connectivity index (χ0) is 17.4. The number of pyridine rings is 1. The summed E-state index contributed by atoms with van der Waals surface area (Å²) in [5.74, 6) is -1.55. The van der Waals surface area contributed by atoms with E-state index in [0.29, 0.717) is 26.2 Å². The van der Waals surface area contributed by atoms with Crippen LogP contribution in [0.1, 0.15) is 31.3 Å². The summed E-state index contributed by atoms with van der Waals surface area (Å²) in [6.07, 6.45) is 0. The molecule has 2 heterocycles. The second kappa shape index (κ2) is 8.94. The molecule has 9 heteroatoms. The summed E-state index contributed by atoms with van der Waals surface area (Å²) in [6, 6.07) is 2.62. The van der Waals surface area contributed by atoms with Crippen LogP contribution in [-0.4, -0.2) is 69.1 Å². The zero-order valence-electron chi connectivity index (χ0n) is 13.5. The molecule has 0 radical (unpaired) electrons. The fourth-order valence-corrected chi connectivity index (χ4v) is 2.14. The lowest BCUT2D eigenvalue weighted by Crippen LogP contribution is -2.36. The predicted octanol–water partition coefficient (Wildman–Crippen LogP) is -1.48. The lowest BCUT2D eigenvalue weighted by Gasteiger charge is -2.09. The summed E-state index contributed by atoms with van der Waals surface area (Å²) in [5, 5.41) is 11.7. The molecule has 2 amide bonds. The molecular weight excluding hydrogens is 314 g/mol. The summed E-state index contributed by atoms with van der Waals surface area (Å²) in [4.78, 5) is 40.2. The number of carbonyl (C=O) groups excluding carboxylic acids is 3. The fraction of sp³-hybridized carbons (Fsp3) is 0.467. The fourth-order valence-electron chi connectivity index (χ4n) is 2.14. The van der Waals surface area contributed by atoms with Gasteiger partial charge in [-0.05, 0) is 12.1 Å². The van der Waals surface area contributed by atoms with Crippen molar-refractivity contribution in [2.75, 3.05) is 46.4 Å². The van der Waals surface area contributed by atoms with Gasteiger partial charge in [0.25, 0.3) is 11.8 Å². The number of ether oxygens (including phenoxy) is 1. The largest absolute Gasteiger partial charge is 0.465 e. The summed E-state index contributed by atoms with van der Waals surface area (Å²) in [7, 11) is 1.23. The molecule has 1 aliphatic rings. The van der Waals surface area contributed by atoms with Crippen molar-refractivity contribution in [2.45, 2.75) is 0 Å². The van der Waals surface area contributed by atoms with Gasteiger partial charge in [0.15, 0.2) is 0 Å². The third-order valence-electron chi connectivity index (χ3n) is 3.36. The smallest absolute Gasteiger partial charge is 0.338 e. The van der Waals surface area contributed by atoms with E-state index >= 15 is 0 Å². The van der Waals surface area contributed by atoms with Crippen LogP contribution in [0.15, 0.2) is 12.1 Å². The highest BCUT2D eigenvalue weighted by molar-refractivity contribution is 6.00. The summed E-state index contributed by atoms with van der Waals surface area (Å²) in [5.41, 5.74) is 0.0930. The van der Waals surface area contributed by atoms with Crippen LogP contribution in [0.5, 0.6) is 0 Å². The highest BCUT2D eigenvalue weighted by atomic mass is 16.5. The number of hydrogen-bond donors (Lipinski definition) is 4. The zero-order valence-corrected chi connectivity index (χ0v) is 13.5. The first-order valence-electron chi connectivity index (χ1n) is 7.70. The highest BCUT2D eigenvalue weighted by Gasteiger charge is 2.18. The van der Waals surface area contributed by atoms with Crippen molar-refractivity contribution in [1.29, 1.82) is 0 Å². The van der Waals surface area contributed by atoms with Gasteiger partial charge in [0.1, 0.15) is 11.4 Å². The second-order valence-corrected chi connectivity index (χ2v) is 5.13. The van der Waals surface area contributed by atoms with Gasteiger partial charge >= 0.3 is 5.97 Å². The Labute approximate surface area is 139 Å². The molecule has 0 saturated carbocycles. The molecule has 0 unspecified atom stereocenters. The van der Waals surface area contributed by atoms with Gasteiger partial charge in [0, 0.05) is 39.3 Å². The maximum absolute atomic E-state index is 12.2. The molecule has 1 aromatic heterocycles. The first-order chi connectivity index (χ1) is 11.6. The Morgan fingerprint density at radius 3 is 1.83 bits per heavy atom. The Bertz CT molecular complexity index is 578. The number of rotatable bonds is 1. The second-order valence-electron chi connectivity index (χ2n) is 5.13. The van der Waals surface area contributed by atoms with E-state index in [9.17, 15) is 14.4 Å². The minimum Gasteiger partial charge on any atom is -0.465 e. The molecule has 0 fully saturated rings. The molecule has 2 rings (SSSR count). The monoisotopic (exact) mass is 335 g/mol. The number of aromatic nitrogens is 1. The van der Waals surface area contributed by atoms with Crippen LogP contribution < -0.4 is 21.3 Å².